The number of hydrogen-bond acceptors (Lipinski definition) is 6. The number of terminal acetylenes is 1. The molecule has 1 aromatic heterocycles. The van der Waals surface area contributed by atoms with Crippen LogP contribution in [0.2, 0.25) is 0 Å². The minimum atomic E-state index is -0.503. The molecule has 0 unspecified atom stereocenters. The van der Waals surface area contributed by atoms with Gasteiger partial charge in [-0.2, -0.15) is 0 Å². The Morgan fingerprint density at radius 1 is 1.21 bits per heavy atom. The van der Waals surface area contributed by atoms with Crippen LogP contribution in [0.3, 0.4) is 0 Å². The largest absolute Gasteiger partial charge is 0.493 e. The van der Waals surface area contributed by atoms with Crippen molar-refractivity contribution in [2.24, 2.45) is 0 Å². The maximum atomic E-state index is 13.1. The van der Waals surface area contributed by atoms with Crippen molar-refractivity contribution in [1.29, 1.82) is 0 Å². The lowest BCUT2D eigenvalue weighted by atomic mass is 9.86. The minimum Gasteiger partial charge on any atom is -0.493 e. The number of nitrogens with one attached hydrogen (secondary N) is 2. The van der Waals surface area contributed by atoms with Gasteiger partial charge in [-0.05, 0) is 35.4 Å². The monoisotopic (exact) mass is 465 g/mol. The summed E-state index contributed by atoms with van der Waals surface area (Å²) in [5.74, 6) is 2.97. The SMILES string of the molecule is C#CCOc1ccc([C@H]2CC(=O)Nc3nc(SCc4ccc(F)cc4)[nH]c(=O)c32)cc1OC. The van der Waals surface area contributed by atoms with E-state index >= 15 is 0 Å². The molecule has 0 saturated heterocycles. The molecule has 4 rings (SSSR count). The van der Waals surface area contributed by atoms with E-state index in [0.29, 0.717) is 28.0 Å². The van der Waals surface area contributed by atoms with Gasteiger partial charge in [0.2, 0.25) is 5.91 Å². The van der Waals surface area contributed by atoms with E-state index in [4.69, 9.17) is 15.9 Å². The summed E-state index contributed by atoms with van der Waals surface area (Å²) in [6.07, 6.45) is 5.34. The van der Waals surface area contributed by atoms with E-state index in [2.05, 4.69) is 21.2 Å². The molecule has 1 amide bonds. The Hall–Kier alpha value is -3.77. The maximum Gasteiger partial charge on any atom is 0.257 e. The van der Waals surface area contributed by atoms with Gasteiger partial charge in [-0.25, -0.2) is 9.37 Å². The average Bonchev–Trinajstić information content (AvgIpc) is 2.81. The van der Waals surface area contributed by atoms with Gasteiger partial charge in [0.15, 0.2) is 16.7 Å². The number of nitrogens with zero attached hydrogens (tertiary/aromatic N) is 1. The lowest BCUT2D eigenvalue weighted by Gasteiger charge is -2.25. The van der Waals surface area contributed by atoms with Gasteiger partial charge in [0.25, 0.3) is 5.56 Å². The van der Waals surface area contributed by atoms with Crippen molar-refractivity contribution in [2.45, 2.75) is 23.2 Å². The van der Waals surface area contributed by atoms with Crippen molar-refractivity contribution in [3.05, 3.63) is 75.3 Å². The van der Waals surface area contributed by atoms with Crippen LogP contribution in [0.4, 0.5) is 10.2 Å². The molecule has 0 saturated carbocycles. The van der Waals surface area contributed by atoms with Gasteiger partial charge >= 0.3 is 0 Å². The van der Waals surface area contributed by atoms with Crippen LogP contribution < -0.4 is 20.3 Å². The van der Waals surface area contributed by atoms with Crippen LogP contribution >= 0.6 is 11.8 Å². The Morgan fingerprint density at radius 2 is 2.00 bits per heavy atom. The zero-order valence-electron chi connectivity index (χ0n) is 17.7. The molecule has 2 heterocycles. The number of carbonyl (C=O) groups is 1. The zero-order valence-corrected chi connectivity index (χ0v) is 18.5. The molecule has 0 bridgehead atoms. The van der Waals surface area contributed by atoms with Gasteiger partial charge in [-0.1, -0.05) is 35.9 Å². The van der Waals surface area contributed by atoms with Gasteiger partial charge in [0.05, 0.1) is 12.7 Å². The number of amides is 1. The zero-order chi connectivity index (χ0) is 23.4. The van der Waals surface area contributed by atoms with Gasteiger partial charge in [0.1, 0.15) is 18.2 Å². The molecule has 168 valence electrons. The summed E-state index contributed by atoms with van der Waals surface area (Å²) in [5, 5.41) is 3.06. The summed E-state index contributed by atoms with van der Waals surface area (Å²) in [4.78, 5) is 32.7. The fourth-order valence-electron chi connectivity index (χ4n) is 3.58. The first-order valence-corrected chi connectivity index (χ1v) is 11.0. The Bertz CT molecular complexity index is 1280. The Kier molecular flexibility index (Phi) is 6.66. The summed E-state index contributed by atoms with van der Waals surface area (Å²) in [7, 11) is 1.50. The van der Waals surface area contributed by atoms with Crippen molar-refractivity contribution in [2.75, 3.05) is 19.0 Å². The Labute approximate surface area is 193 Å². The third-order valence-electron chi connectivity index (χ3n) is 5.12. The number of halogens is 1. The van der Waals surface area contributed by atoms with Crippen molar-refractivity contribution < 1.29 is 18.7 Å². The summed E-state index contributed by atoms with van der Waals surface area (Å²) in [6.45, 7) is 0.0896. The standard InChI is InChI=1S/C24H20FN3O4S/c1-3-10-32-18-9-6-15(11-19(18)31-2)17-12-20(29)26-22-21(17)23(30)28-24(27-22)33-13-14-4-7-16(25)8-5-14/h1,4-9,11,17H,10,12-13H2,2H3,(H2,26,27,28,29,30)/t17-/m1/s1. The second-order valence-electron chi connectivity index (χ2n) is 7.26. The van der Waals surface area contributed by atoms with Crippen molar-refractivity contribution >= 4 is 23.5 Å². The number of rotatable bonds is 7. The highest BCUT2D eigenvalue weighted by atomic mass is 32.2. The average molecular weight is 466 g/mol. The van der Waals surface area contributed by atoms with Gasteiger partial charge < -0.3 is 19.8 Å². The quantitative estimate of drug-likeness (QED) is 0.314. The lowest BCUT2D eigenvalue weighted by Crippen LogP contribution is -2.31. The molecule has 2 N–H and O–H groups in total. The highest BCUT2D eigenvalue weighted by Crippen LogP contribution is 2.38. The summed E-state index contributed by atoms with van der Waals surface area (Å²) in [6, 6.07) is 11.3. The van der Waals surface area contributed by atoms with E-state index in [1.54, 1.807) is 30.3 Å². The third-order valence-corrected chi connectivity index (χ3v) is 6.06. The predicted octanol–water partition coefficient (Wildman–Crippen LogP) is 3.70. The molecule has 0 aliphatic carbocycles. The van der Waals surface area contributed by atoms with E-state index in [1.165, 1.54) is 31.0 Å². The predicted molar refractivity (Wildman–Crippen MR) is 123 cm³/mol. The Balaban J connectivity index is 1.63. The van der Waals surface area contributed by atoms with Gasteiger partial charge in [-0.3, -0.25) is 9.59 Å². The molecule has 33 heavy (non-hydrogen) atoms. The number of methoxy groups -OCH3 is 1. The lowest BCUT2D eigenvalue weighted by molar-refractivity contribution is -0.116. The molecule has 0 fully saturated rings. The van der Waals surface area contributed by atoms with Crippen LogP contribution in [0, 0.1) is 18.2 Å². The first kappa shape index (κ1) is 22.4. The second kappa shape index (κ2) is 9.79. The molecule has 0 spiro atoms. The fraction of sp³-hybridized carbons (Fsp3) is 0.208. The first-order chi connectivity index (χ1) is 16.0. The number of fused-ring (bicyclic) bond motifs is 1. The fourth-order valence-corrected chi connectivity index (χ4v) is 4.39. The van der Waals surface area contributed by atoms with Crippen molar-refractivity contribution in [3.8, 4) is 23.8 Å². The summed E-state index contributed by atoms with van der Waals surface area (Å²) >= 11 is 1.29. The van der Waals surface area contributed by atoms with Gasteiger partial charge in [-0.15, -0.1) is 6.42 Å². The maximum absolute atomic E-state index is 13.1. The second-order valence-corrected chi connectivity index (χ2v) is 8.22. The molecule has 3 aromatic rings. The highest BCUT2D eigenvalue weighted by molar-refractivity contribution is 7.98. The third kappa shape index (κ3) is 5.02. The number of anilines is 1. The van der Waals surface area contributed by atoms with Crippen LogP contribution in [0.15, 0.2) is 52.4 Å². The van der Waals surface area contributed by atoms with E-state index < -0.39 is 5.92 Å². The molecule has 7 nitrogen and oxygen atoms in total. The first-order valence-electron chi connectivity index (χ1n) is 10.0. The molecular formula is C24H20FN3O4S. The number of H-pyrrole nitrogens is 1. The number of thioether (sulfide) groups is 1. The normalized spacial score (nSPS) is 14.7. The minimum absolute atomic E-state index is 0.0896. The number of aromatic amines is 1. The molecule has 1 atom stereocenters. The van der Waals surface area contributed by atoms with Crippen LogP contribution in [0.25, 0.3) is 0 Å². The number of hydrogen-bond donors (Lipinski definition) is 2. The molecule has 2 aromatic carbocycles. The molecule has 1 aliphatic heterocycles. The molecule has 1 aliphatic rings. The van der Waals surface area contributed by atoms with Crippen molar-refractivity contribution in [3.63, 3.8) is 0 Å². The van der Waals surface area contributed by atoms with Gasteiger partial charge in [0, 0.05) is 18.1 Å². The number of ether oxygens (including phenoxy) is 2. The van der Waals surface area contributed by atoms with E-state index in [-0.39, 0.29) is 36.1 Å². The van der Waals surface area contributed by atoms with E-state index in [0.717, 1.165) is 11.1 Å². The van der Waals surface area contributed by atoms with Crippen LogP contribution in [-0.4, -0.2) is 29.6 Å². The topological polar surface area (TPSA) is 93.3 Å². The van der Waals surface area contributed by atoms with Crippen LogP contribution in [0.1, 0.15) is 29.0 Å². The highest BCUT2D eigenvalue weighted by Gasteiger charge is 2.31. The molecule has 9 heteroatoms. The number of benzene rings is 2. The van der Waals surface area contributed by atoms with E-state index in [1.807, 2.05) is 0 Å². The molecule has 0 radical (unpaired) electrons. The number of carbonyl (C=O) groups excluding carboxylic acids is 1. The summed E-state index contributed by atoms with van der Waals surface area (Å²) in [5.41, 5.74) is 1.64. The molecular weight excluding hydrogens is 445 g/mol. The van der Waals surface area contributed by atoms with Crippen LogP contribution in [-0.2, 0) is 10.5 Å². The number of aromatic nitrogens is 2. The van der Waals surface area contributed by atoms with E-state index in [9.17, 15) is 14.0 Å². The Morgan fingerprint density at radius 3 is 2.73 bits per heavy atom. The smallest absolute Gasteiger partial charge is 0.257 e. The van der Waals surface area contributed by atoms with Crippen LogP contribution in [0.5, 0.6) is 11.5 Å². The van der Waals surface area contributed by atoms with Crippen molar-refractivity contribution in [1.82, 2.24) is 9.97 Å². The summed E-state index contributed by atoms with van der Waals surface area (Å²) < 4.78 is 24.0.